The Morgan fingerprint density at radius 1 is 0.968 bits per heavy atom. The summed E-state index contributed by atoms with van der Waals surface area (Å²) >= 11 is 4.47. The van der Waals surface area contributed by atoms with Crippen LogP contribution in [0.2, 0.25) is 0 Å². The van der Waals surface area contributed by atoms with Gasteiger partial charge in [-0.1, -0.05) is 58.0 Å². The second-order valence-electron chi connectivity index (χ2n) is 8.54. The van der Waals surface area contributed by atoms with Gasteiger partial charge in [0.1, 0.15) is 0 Å². The molecule has 0 N–H and O–H groups in total. The summed E-state index contributed by atoms with van der Waals surface area (Å²) in [6.07, 6.45) is 1.25. The number of hydrogen-bond donors (Lipinski definition) is 0. The van der Waals surface area contributed by atoms with E-state index in [1.807, 2.05) is 0 Å². The molecule has 0 amide bonds. The average molecular weight is 475 g/mol. The van der Waals surface area contributed by atoms with Gasteiger partial charge in [-0.25, -0.2) is 0 Å². The molecule has 0 aliphatic carbocycles. The lowest BCUT2D eigenvalue weighted by Crippen LogP contribution is -2.57. The number of nitrogens with zero attached hydrogens (tertiary/aromatic N) is 3. The van der Waals surface area contributed by atoms with Gasteiger partial charge in [0.15, 0.2) is 0 Å². The van der Waals surface area contributed by atoms with Gasteiger partial charge in [-0.3, -0.25) is 4.29 Å². The molecular formula is C23H41ClN3O3S+. The van der Waals surface area contributed by atoms with Gasteiger partial charge in [-0.2, -0.15) is 0 Å². The maximum absolute atomic E-state index is 5.60. The predicted molar refractivity (Wildman–Crippen MR) is 131 cm³/mol. The van der Waals surface area contributed by atoms with E-state index in [-0.39, 0.29) is 11.5 Å². The Labute approximate surface area is 197 Å². The zero-order valence-electron chi connectivity index (χ0n) is 19.9. The maximum atomic E-state index is 5.60. The summed E-state index contributed by atoms with van der Waals surface area (Å²) in [5.74, 6) is 1.37. The van der Waals surface area contributed by atoms with Crippen LogP contribution in [0.5, 0.6) is 0 Å². The van der Waals surface area contributed by atoms with E-state index in [9.17, 15) is 0 Å². The molecule has 31 heavy (non-hydrogen) atoms. The quantitative estimate of drug-likeness (QED) is 0.528. The fourth-order valence-electron chi connectivity index (χ4n) is 4.09. The van der Waals surface area contributed by atoms with Crippen molar-refractivity contribution < 1.29 is 13.8 Å². The van der Waals surface area contributed by atoms with E-state index in [1.54, 1.807) is 0 Å². The molecule has 3 rings (SSSR count). The van der Waals surface area contributed by atoms with E-state index in [2.05, 4.69) is 81.2 Å². The first kappa shape index (κ1) is 26.9. The van der Waals surface area contributed by atoms with E-state index in [1.165, 1.54) is 24.7 Å². The Hall–Kier alpha value is -0.380. The summed E-state index contributed by atoms with van der Waals surface area (Å²) in [5.41, 5.74) is 2.85. The predicted octanol–water partition coefficient (Wildman–Crippen LogP) is 4.08. The molecule has 1 aromatic rings. The SMILES string of the molecule is CC(C)CC(C)c1ccc(CN(C)[S+](N2CCOCC2)N2CCOCC2)cc1.COCl. The van der Waals surface area contributed by atoms with Crippen LogP contribution in [-0.4, -0.2) is 79.7 Å². The van der Waals surface area contributed by atoms with Crippen molar-refractivity contribution in [2.45, 2.75) is 39.7 Å². The van der Waals surface area contributed by atoms with Gasteiger partial charge < -0.3 is 9.47 Å². The van der Waals surface area contributed by atoms with Gasteiger partial charge in [-0.15, -0.1) is 0 Å². The van der Waals surface area contributed by atoms with Crippen molar-refractivity contribution >= 4 is 23.3 Å². The first-order chi connectivity index (χ1) is 15.0. The fourth-order valence-corrected chi connectivity index (χ4v) is 6.42. The average Bonchev–Trinajstić information content (AvgIpc) is 2.76. The van der Waals surface area contributed by atoms with Crippen LogP contribution in [0.3, 0.4) is 0 Å². The summed E-state index contributed by atoms with van der Waals surface area (Å²) in [4.78, 5) is 0. The highest BCUT2D eigenvalue weighted by molar-refractivity contribution is 7.90. The summed E-state index contributed by atoms with van der Waals surface area (Å²) < 4.78 is 22.6. The van der Waals surface area contributed by atoms with Crippen molar-refractivity contribution in [3.63, 3.8) is 0 Å². The molecule has 2 heterocycles. The Kier molecular flexibility index (Phi) is 12.7. The first-order valence-electron chi connectivity index (χ1n) is 11.3. The first-order valence-corrected chi connectivity index (χ1v) is 12.7. The van der Waals surface area contributed by atoms with Crippen LogP contribution in [-0.2, 0) is 31.8 Å². The summed E-state index contributed by atoms with van der Waals surface area (Å²) in [6.45, 7) is 15.3. The number of rotatable bonds is 8. The largest absolute Gasteiger partial charge is 0.378 e. The van der Waals surface area contributed by atoms with Gasteiger partial charge in [0.2, 0.25) is 0 Å². The van der Waals surface area contributed by atoms with Crippen molar-refractivity contribution in [2.75, 3.05) is 66.8 Å². The minimum atomic E-state index is -0.0245. The lowest BCUT2D eigenvalue weighted by Gasteiger charge is -2.35. The molecule has 2 aliphatic rings. The summed E-state index contributed by atoms with van der Waals surface area (Å²) in [6, 6.07) is 9.31. The Bertz CT molecular complexity index is 578. The molecule has 0 spiro atoms. The summed E-state index contributed by atoms with van der Waals surface area (Å²) in [5, 5.41) is 0. The van der Waals surface area contributed by atoms with Crippen LogP contribution in [0.25, 0.3) is 0 Å². The molecule has 2 fully saturated rings. The number of hydrogen-bond acceptors (Lipinski definition) is 6. The van der Waals surface area contributed by atoms with Crippen molar-refractivity contribution in [2.24, 2.45) is 5.92 Å². The topological polar surface area (TPSA) is 37.4 Å². The van der Waals surface area contributed by atoms with Gasteiger partial charge in [0.25, 0.3) is 11.5 Å². The Balaban J connectivity index is 0.00000107. The highest BCUT2D eigenvalue weighted by Gasteiger charge is 2.43. The summed E-state index contributed by atoms with van der Waals surface area (Å²) in [7, 11) is 3.66. The molecule has 0 saturated carbocycles. The van der Waals surface area contributed by atoms with Crippen molar-refractivity contribution in [3.05, 3.63) is 35.4 Å². The molecule has 0 aromatic heterocycles. The lowest BCUT2D eigenvalue weighted by molar-refractivity contribution is 0.0572. The second-order valence-corrected chi connectivity index (χ2v) is 11.0. The zero-order valence-corrected chi connectivity index (χ0v) is 21.5. The monoisotopic (exact) mass is 474 g/mol. The zero-order chi connectivity index (χ0) is 22.6. The third-order valence-corrected chi connectivity index (χ3v) is 7.80. The molecule has 6 nitrogen and oxygen atoms in total. The van der Waals surface area contributed by atoms with Crippen molar-refractivity contribution in [1.82, 2.24) is 12.9 Å². The second kappa shape index (κ2) is 14.7. The molecule has 2 aliphatic heterocycles. The third-order valence-electron chi connectivity index (χ3n) is 5.46. The Morgan fingerprint density at radius 3 is 1.84 bits per heavy atom. The van der Waals surface area contributed by atoms with Crippen LogP contribution in [0, 0.1) is 5.92 Å². The number of benzene rings is 1. The van der Waals surface area contributed by atoms with Crippen LogP contribution < -0.4 is 0 Å². The smallest absolute Gasteiger partial charge is 0.268 e. The highest BCUT2D eigenvalue weighted by atomic mass is 35.5. The van der Waals surface area contributed by atoms with Crippen molar-refractivity contribution in [1.29, 1.82) is 0 Å². The molecule has 178 valence electrons. The van der Waals surface area contributed by atoms with Crippen molar-refractivity contribution in [3.8, 4) is 0 Å². The van der Waals surface area contributed by atoms with Gasteiger partial charge in [0, 0.05) is 7.05 Å². The normalized spacial score (nSPS) is 19.5. The lowest BCUT2D eigenvalue weighted by atomic mass is 9.91. The third kappa shape index (κ3) is 9.18. The fraction of sp³-hybridized carbons (Fsp3) is 0.739. The van der Waals surface area contributed by atoms with E-state index in [4.69, 9.17) is 9.47 Å². The van der Waals surface area contributed by atoms with E-state index in [0.717, 1.165) is 65.1 Å². The Morgan fingerprint density at radius 2 is 1.42 bits per heavy atom. The maximum Gasteiger partial charge on any atom is 0.268 e. The van der Waals surface area contributed by atoms with Crippen LogP contribution in [0.4, 0.5) is 0 Å². The van der Waals surface area contributed by atoms with Crippen LogP contribution in [0.15, 0.2) is 24.3 Å². The molecule has 1 atom stereocenters. The molecule has 1 unspecified atom stereocenters. The van der Waals surface area contributed by atoms with Gasteiger partial charge in [0.05, 0.1) is 78.1 Å². The van der Waals surface area contributed by atoms with Crippen LogP contribution >= 0.6 is 11.9 Å². The molecule has 2 saturated heterocycles. The molecular weight excluding hydrogens is 434 g/mol. The number of morpholine rings is 2. The standard InChI is InChI=1S/C22H38N3O2S.CH3ClO/c1-19(2)17-20(3)22-7-5-21(6-8-22)18-23(4)28(24-9-13-26-14-10-24)25-11-15-27-16-12-25;1-3-2/h5-8,19-20H,9-18H2,1-4H3;1H3/q+1;. The molecule has 0 radical (unpaired) electrons. The molecule has 1 aromatic carbocycles. The molecule has 0 bridgehead atoms. The van der Waals surface area contributed by atoms with E-state index >= 15 is 0 Å². The minimum Gasteiger partial charge on any atom is -0.378 e. The van der Waals surface area contributed by atoms with E-state index in [0.29, 0.717) is 5.92 Å². The van der Waals surface area contributed by atoms with Gasteiger partial charge >= 0.3 is 0 Å². The van der Waals surface area contributed by atoms with Crippen LogP contribution in [0.1, 0.15) is 44.2 Å². The molecule has 8 heteroatoms. The minimum absolute atomic E-state index is 0.0245. The number of ether oxygens (including phenoxy) is 2. The van der Waals surface area contributed by atoms with E-state index < -0.39 is 0 Å². The van der Waals surface area contributed by atoms with Gasteiger partial charge in [-0.05, 0) is 29.4 Å². The number of halogens is 1. The highest BCUT2D eigenvalue weighted by Crippen LogP contribution is 2.25.